The number of fused-ring (bicyclic) bond motifs is 1. The minimum atomic E-state index is -0.564. The molecule has 0 saturated heterocycles. The van der Waals surface area contributed by atoms with E-state index in [0.717, 1.165) is 0 Å². The highest BCUT2D eigenvalue weighted by atomic mass is 16.6. The number of nitrogens with zero attached hydrogens (tertiary/aromatic N) is 3. The van der Waals surface area contributed by atoms with E-state index in [0.29, 0.717) is 29.7 Å². The van der Waals surface area contributed by atoms with E-state index in [-0.39, 0.29) is 5.95 Å². The summed E-state index contributed by atoms with van der Waals surface area (Å²) in [6, 6.07) is 5.01. The molecule has 8 nitrogen and oxygen atoms in total. The third-order valence-corrected chi connectivity index (χ3v) is 3.33. The second-order valence-corrected chi connectivity index (χ2v) is 4.55. The van der Waals surface area contributed by atoms with Crippen LogP contribution in [0.15, 0.2) is 30.6 Å². The number of hydrogen-bond acceptors (Lipinski definition) is 5. The van der Waals surface area contributed by atoms with Crippen molar-refractivity contribution >= 4 is 17.8 Å². The predicted octanol–water partition coefficient (Wildman–Crippen LogP) is 0.918. The first kappa shape index (κ1) is 13.0. The quantitative estimate of drug-likeness (QED) is 0.511. The first-order valence-corrected chi connectivity index (χ1v) is 6.21. The van der Waals surface area contributed by atoms with Gasteiger partial charge in [-0.1, -0.05) is 17.1 Å². The number of aryl methyl sites for hydroxylation is 2. The number of carbonyl (C=O) groups is 2. The Hall–Kier alpha value is -3.03. The van der Waals surface area contributed by atoms with Gasteiger partial charge in [0, 0.05) is 6.42 Å². The number of imidazole rings is 1. The molecule has 8 heteroatoms. The zero-order valence-corrected chi connectivity index (χ0v) is 10.8. The molecular weight excluding hydrogens is 276 g/mol. The van der Waals surface area contributed by atoms with Crippen molar-refractivity contribution < 1.29 is 14.5 Å². The molecule has 0 aliphatic carbocycles. The van der Waals surface area contributed by atoms with Gasteiger partial charge in [-0.3, -0.25) is 14.9 Å². The van der Waals surface area contributed by atoms with Crippen LogP contribution < -0.4 is 5.32 Å². The van der Waals surface area contributed by atoms with Crippen LogP contribution >= 0.6 is 0 Å². The number of amides is 2. The molecule has 0 spiro atoms. The van der Waals surface area contributed by atoms with Crippen LogP contribution in [-0.2, 0) is 13.0 Å². The fraction of sp³-hybridized carbons (Fsp3) is 0.154. The van der Waals surface area contributed by atoms with Gasteiger partial charge >= 0.3 is 5.95 Å². The number of imide groups is 1. The van der Waals surface area contributed by atoms with Crippen LogP contribution in [0.2, 0.25) is 0 Å². The van der Waals surface area contributed by atoms with Crippen LogP contribution in [0.1, 0.15) is 26.3 Å². The SMILES string of the molecule is O=C1NC(=O)c2c(CCn3ccnc3[N+](=O)[O-])cccc21. The zero-order valence-electron chi connectivity index (χ0n) is 10.8. The molecule has 1 aliphatic heterocycles. The van der Waals surface area contributed by atoms with E-state index in [1.807, 2.05) is 0 Å². The van der Waals surface area contributed by atoms with Crippen molar-refractivity contribution in [3.63, 3.8) is 0 Å². The van der Waals surface area contributed by atoms with Crippen molar-refractivity contribution in [2.45, 2.75) is 13.0 Å². The lowest BCUT2D eigenvalue weighted by atomic mass is 10.0. The molecule has 2 aromatic rings. The van der Waals surface area contributed by atoms with Gasteiger partial charge in [-0.15, -0.1) is 0 Å². The van der Waals surface area contributed by atoms with Crippen molar-refractivity contribution in [2.75, 3.05) is 0 Å². The Morgan fingerprint density at radius 2 is 2.10 bits per heavy atom. The summed E-state index contributed by atoms with van der Waals surface area (Å²) in [7, 11) is 0. The summed E-state index contributed by atoms with van der Waals surface area (Å²) in [6.45, 7) is 0.300. The lowest BCUT2D eigenvalue weighted by Crippen LogP contribution is -2.20. The number of nitrogens with one attached hydrogen (secondary N) is 1. The molecule has 0 atom stereocenters. The molecule has 3 rings (SSSR count). The van der Waals surface area contributed by atoms with Crippen molar-refractivity contribution in [3.8, 4) is 0 Å². The van der Waals surface area contributed by atoms with E-state index >= 15 is 0 Å². The standard InChI is InChI=1S/C13H10N4O4/c18-11-9-3-1-2-8(10(9)12(19)15-11)4-6-16-7-5-14-13(16)17(20)21/h1-3,5,7H,4,6H2,(H,15,18,19). The smallest absolute Gasteiger partial charge is 0.390 e. The molecule has 1 aromatic carbocycles. The minimum absolute atomic E-state index is 0.247. The van der Waals surface area contributed by atoms with Crippen molar-refractivity contribution in [1.82, 2.24) is 14.9 Å². The second kappa shape index (κ2) is 4.82. The maximum Gasteiger partial charge on any atom is 0.434 e. The van der Waals surface area contributed by atoms with Gasteiger partial charge in [-0.05, 0) is 16.6 Å². The Kier molecular flexibility index (Phi) is 2.98. The maximum absolute atomic E-state index is 11.8. The highest BCUT2D eigenvalue weighted by molar-refractivity contribution is 6.22. The number of rotatable bonds is 4. The molecule has 0 bridgehead atoms. The zero-order chi connectivity index (χ0) is 15.0. The largest absolute Gasteiger partial charge is 0.434 e. The summed E-state index contributed by atoms with van der Waals surface area (Å²) < 4.78 is 1.40. The number of aromatic nitrogens is 2. The topological polar surface area (TPSA) is 107 Å². The average molecular weight is 286 g/mol. The molecule has 1 aromatic heterocycles. The average Bonchev–Trinajstić information content (AvgIpc) is 3.03. The molecule has 2 amide bonds. The molecule has 0 unspecified atom stereocenters. The van der Waals surface area contributed by atoms with Gasteiger partial charge in [0.05, 0.1) is 17.7 Å². The maximum atomic E-state index is 11.8. The fourth-order valence-corrected chi connectivity index (χ4v) is 2.39. The van der Waals surface area contributed by atoms with Crippen LogP contribution in [0.3, 0.4) is 0 Å². The molecule has 0 saturated carbocycles. The van der Waals surface area contributed by atoms with Crippen LogP contribution in [0.5, 0.6) is 0 Å². The summed E-state index contributed by atoms with van der Waals surface area (Å²) in [5.74, 6) is -1.08. The fourth-order valence-electron chi connectivity index (χ4n) is 2.39. The number of carbonyl (C=O) groups excluding carboxylic acids is 2. The lowest BCUT2D eigenvalue weighted by Gasteiger charge is -2.05. The van der Waals surface area contributed by atoms with Crippen LogP contribution in [0, 0.1) is 10.1 Å². The Labute approximate surface area is 118 Å². The molecule has 0 fully saturated rings. The van der Waals surface area contributed by atoms with Crippen LogP contribution in [-0.4, -0.2) is 26.3 Å². The molecule has 21 heavy (non-hydrogen) atoms. The first-order valence-electron chi connectivity index (χ1n) is 6.21. The highest BCUT2D eigenvalue weighted by Crippen LogP contribution is 2.21. The molecule has 1 N–H and O–H groups in total. The van der Waals surface area contributed by atoms with Gasteiger partial charge in [0.1, 0.15) is 12.4 Å². The van der Waals surface area contributed by atoms with E-state index in [9.17, 15) is 19.7 Å². The Morgan fingerprint density at radius 3 is 2.86 bits per heavy atom. The molecule has 106 valence electrons. The van der Waals surface area contributed by atoms with Crippen molar-refractivity contribution in [3.05, 3.63) is 57.4 Å². The third kappa shape index (κ3) is 2.16. The summed E-state index contributed by atoms with van der Waals surface area (Å²) >= 11 is 0. The van der Waals surface area contributed by atoms with Gasteiger partial charge in [-0.25, -0.2) is 4.57 Å². The highest BCUT2D eigenvalue weighted by Gasteiger charge is 2.29. The summed E-state index contributed by atoms with van der Waals surface area (Å²) in [4.78, 5) is 37.2. The Morgan fingerprint density at radius 1 is 1.29 bits per heavy atom. The summed E-state index contributed by atoms with van der Waals surface area (Å²) in [6.07, 6.45) is 3.25. The van der Waals surface area contributed by atoms with E-state index in [2.05, 4.69) is 10.3 Å². The Bertz CT molecular complexity index is 765. The van der Waals surface area contributed by atoms with Gasteiger partial charge in [-0.2, -0.15) is 0 Å². The summed E-state index contributed by atoms with van der Waals surface area (Å²) in [5.41, 5.74) is 1.38. The molecular formula is C13H10N4O4. The van der Waals surface area contributed by atoms with Crippen molar-refractivity contribution in [2.24, 2.45) is 0 Å². The molecule has 1 aliphatic rings. The third-order valence-electron chi connectivity index (χ3n) is 3.33. The Balaban J connectivity index is 1.87. The number of hydrogen-bond donors (Lipinski definition) is 1. The van der Waals surface area contributed by atoms with Gasteiger partial charge in [0.25, 0.3) is 11.8 Å². The second-order valence-electron chi connectivity index (χ2n) is 4.55. The van der Waals surface area contributed by atoms with Gasteiger partial charge in [0.15, 0.2) is 0 Å². The number of benzene rings is 1. The minimum Gasteiger partial charge on any atom is -0.390 e. The van der Waals surface area contributed by atoms with E-state index in [4.69, 9.17) is 0 Å². The first-order chi connectivity index (χ1) is 10.1. The predicted molar refractivity (Wildman–Crippen MR) is 70.8 cm³/mol. The van der Waals surface area contributed by atoms with Gasteiger partial charge in [0.2, 0.25) is 0 Å². The van der Waals surface area contributed by atoms with E-state index < -0.39 is 16.7 Å². The van der Waals surface area contributed by atoms with Gasteiger partial charge < -0.3 is 10.1 Å². The van der Waals surface area contributed by atoms with Crippen molar-refractivity contribution in [1.29, 1.82) is 0 Å². The van der Waals surface area contributed by atoms with Crippen LogP contribution in [0.25, 0.3) is 0 Å². The normalized spacial score (nSPS) is 13.1. The van der Waals surface area contributed by atoms with E-state index in [1.165, 1.54) is 17.0 Å². The monoisotopic (exact) mass is 286 g/mol. The lowest BCUT2D eigenvalue weighted by molar-refractivity contribution is -0.396. The number of nitro groups is 1. The molecule has 0 radical (unpaired) electrons. The van der Waals surface area contributed by atoms with E-state index in [1.54, 1.807) is 18.2 Å². The van der Waals surface area contributed by atoms with Crippen LogP contribution in [0.4, 0.5) is 5.95 Å². The molecule has 2 heterocycles. The summed E-state index contributed by atoms with van der Waals surface area (Å²) in [5, 5.41) is 13.0.